The minimum atomic E-state index is -4.55. The van der Waals surface area contributed by atoms with Crippen LogP contribution >= 0.6 is 0 Å². The molecule has 8 nitrogen and oxygen atoms in total. The van der Waals surface area contributed by atoms with Crippen molar-refractivity contribution in [3.8, 4) is 11.4 Å². The molecule has 0 aliphatic carbocycles. The predicted molar refractivity (Wildman–Crippen MR) is 114 cm³/mol. The van der Waals surface area contributed by atoms with Crippen LogP contribution in [0.1, 0.15) is 23.8 Å². The average molecular weight is 476 g/mol. The summed E-state index contributed by atoms with van der Waals surface area (Å²) in [5, 5.41) is 4.46. The first kappa shape index (κ1) is 22.3. The van der Waals surface area contributed by atoms with E-state index in [0.29, 0.717) is 36.4 Å². The number of nitrogens with zero attached hydrogens (tertiary/aromatic N) is 6. The van der Waals surface area contributed by atoms with E-state index in [0.717, 1.165) is 11.1 Å². The molecule has 0 aromatic carbocycles. The fourth-order valence-corrected chi connectivity index (χ4v) is 4.11. The van der Waals surface area contributed by atoms with Crippen LogP contribution in [0.2, 0.25) is 0 Å². The third-order valence-electron chi connectivity index (χ3n) is 5.78. The summed E-state index contributed by atoms with van der Waals surface area (Å²) in [4.78, 5) is 23.1. The lowest BCUT2D eigenvalue weighted by molar-refractivity contribution is -0.141. The van der Waals surface area contributed by atoms with E-state index in [1.807, 2.05) is 6.92 Å². The second-order valence-corrected chi connectivity index (χ2v) is 8.08. The van der Waals surface area contributed by atoms with Gasteiger partial charge in [0.15, 0.2) is 0 Å². The number of amides is 1. The molecule has 1 amide bonds. The minimum Gasteiger partial charge on any atom is -0.375 e. The summed E-state index contributed by atoms with van der Waals surface area (Å²) >= 11 is 0. The van der Waals surface area contributed by atoms with Crippen LogP contribution in [0.3, 0.4) is 0 Å². The fraction of sp³-hybridized carbons (Fsp3) is 0.364. The van der Waals surface area contributed by atoms with Crippen molar-refractivity contribution in [1.82, 2.24) is 29.0 Å². The number of carbonyl (C=O) groups is 1. The maximum atomic E-state index is 13.8. The van der Waals surface area contributed by atoms with Crippen molar-refractivity contribution in [1.29, 1.82) is 0 Å². The Morgan fingerprint density at radius 3 is 2.82 bits per heavy atom. The molecule has 1 atom stereocenters. The summed E-state index contributed by atoms with van der Waals surface area (Å²) in [6.07, 6.45) is 0.00555. The van der Waals surface area contributed by atoms with Gasteiger partial charge in [-0.1, -0.05) is 6.92 Å². The molecule has 0 saturated carbocycles. The Balaban J connectivity index is 1.61. The Hall–Kier alpha value is -3.54. The molecule has 4 aromatic rings. The summed E-state index contributed by atoms with van der Waals surface area (Å²) in [5.74, 6) is -0.922. The molecule has 178 valence electrons. The number of fused-ring (bicyclic) bond motifs is 2. The molecular formula is C22H20F4N6O2. The first-order valence-corrected chi connectivity index (χ1v) is 10.7. The molecule has 0 N–H and O–H groups in total. The summed E-state index contributed by atoms with van der Waals surface area (Å²) in [5.41, 5.74) is 0.981. The van der Waals surface area contributed by atoms with E-state index in [2.05, 4.69) is 15.1 Å². The second kappa shape index (κ2) is 8.35. The number of hydrogen-bond acceptors (Lipinski definition) is 5. The number of morpholine rings is 1. The monoisotopic (exact) mass is 476 g/mol. The highest BCUT2D eigenvalue weighted by molar-refractivity contribution is 5.99. The van der Waals surface area contributed by atoms with Crippen molar-refractivity contribution in [2.45, 2.75) is 32.2 Å². The Labute approximate surface area is 190 Å². The van der Waals surface area contributed by atoms with Crippen molar-refractivity contribution in [2.24, 2.45) is 0 Å². The van der Waals surface area contributed by atoms with Crippen LogP contribution in [-0.2, 0) is 11.3 Å². The molecule has 0 radical (unpaired) electrons. The van der Waals surface area contributed by atoms with Crippen LogP contribution in [0, 0.1) is 5.82 Å². The molecule has 12 heteroatoms. The van der Waals surface area contributed by atoms with E-state index in [1.54, 1.807) is 4.90 Å². The number of ether oxygens (including phenoxy) is 1. The van der Waals surface area contributed by atoms with E-state index in [1.165, 1.54) is 41.2 Å². The molecule has 1 unspecified atom stereocenters. The van der Waals surface area contributed by atoms with E-state index < -0.39 is 18.5 Å². The average Bonchev–Trinajstić information content (AvgIpc) is 3.38. The number of imidazole rings is 1. The Kier molecular flexibility index (Phi) is 5.47. The summed E-state index contributed by atoms with van der Waals surface area (Å²) in [6, 6.07) is 4.01. The topological polar surface area (TPSA) is 77.5 Å². The zero-order valence-electron chi connectivity index (χ0n) is 18.1. The van der Waals surface area contributed by atoms with Gasteiger partial charge in [-0.2, -0.15) is 18.3 Å². The van der Waals surface area contributed by atoms with Gasteiger partial charge in [0.1, 0.15) is 29.4 Å². The molecule has 0 bridgehead atoms. The maximum absolute atomic E-state index is 13.8. The van der Waals surface area contributed by atoms with E-state index in [9.17, 15) is 22.4 Å². The van der Waals surface area contributed by atoms with Gasteiger partial charge in [-0.25, -0.2) is 9.37 Å². The van der Waals surface area contributed by atoms with E-state index >= 15 is 0 Å². The van der Waals surface area contributed by atoms with Gasteiger partial charge in [0, 0.05) is 30.9 Å². The Morgan fingerprint density at radius 2 is 2.06 bits per heavy atom. The number of aromatic nitrogens is 5. The molecule has 34 heavy (non-hydrogen) atoms. The van der Waals surface area contributed by atoms with Crippen LogP contribution in [-0.4, -0.2) is 66.9 Å². The van der Waals surface area contributed by atoms with Gasteiger partial charge in [-0.05, 0) is 24.6 Å². The zero-order valence-corrected chi connectivity index (χ0v) is 18.1. The van der Waals surface area contributed by atoms with E-state index in [-0.39, 0.29) is 28.9 Å². The summed E-state index contributed by atoms with van der Waals surface area (Å²) in [6.45, 7) is 1.73. The van der Waals surface area contributed by atoms with Crippen molar-refractivity contribution in [2.75, 3.05) is 19.7 Å². The van der Waals surface area contributed by atoms with Gasteiger partial charge in [-0.3, -0.25) is 18.9 Å². The third kappa shape index (κ3) is 4.09. The third-order valence-corrected chi connectivity index (χ3v) is 5.78. The van der Waals surface area contributed by atoms with Gasteiger partial charge in [-0.15, -0.1) is 0 Å². The molecule has 5 heterocycles. The molecular weight excluding hydrogens is 456 g/mol. The van der Waals surface area contributed by atoms with Gasteiger partial charge in [0.25, 0.3) is 5.91 Å². The van der Waals surface area contributed by atoms with Crippen LogP contribution in [0.5, 0.6) is 0 Å². The van der Waals surface area contributed by atoms with Crippen molar-refractivity contribution in [3.05, 3.63) is 48.3 Å². The molecule has 1 saturated heterocycles. The SMILES string of the molecule is CCC1CN(C(=O)c2cc3c(cn2)c(-c2cnc4ccc(F)cn24)nn3CC(F)(F)F)CCO1. The normalized spacial score (nSPS) is 17.1. The first-order valence-electron chi connectivity index (χ1n) is 10.7. The lowest BCUT2D eigenvalue weighted by atomic mass is 10.1. The zero-order chi connectivity index (χ0) is 24.0. The number of hydrogen-bond donors (Lipinski definition) is 0. The molecule has 1 aliphatic rings. The smallest absolute Gasteiger partial charge is 0.375 e. The van der Waals surface area contributed by atoms with Crippen LogP contribution < -0.4 is 0 Å². The number of halogens is 4. The van der Waals surface area contributed by atoms with Gasteiger partial charge >= 0.3 is 6.18 Å². The summed E-state index contributed by atoms with van der Waals surface area (Å²) < 4.78 is 61.6. The Morgan fingerprint density at radius 1 is 1.24 bits per heavy atom. The summed E-state index contributed by atoms with van der Waals surface area (Å²) in [7, 11) is 0. The minimum absolute atomic E-state index is 0.0170. The van der Waals surface area contributed by atoms with Crippen LogP contribution in [0.4, 0.5) is 17.6 Å². The quantitative estimate of drug-likeness (QED) is 0.420. The van der Waals surface area contributed by atoms with Crippen molar-refractivity contribution >= 4 is 22.5 Å². The first-order chi connectivity index (χ1) is 16.2. The number of alkyl halides is 3. The maximum Gasteiger partial charge on any atom is 0.408 e. The number of carbonyl (C=O) groups excluding carboxylic acids is 1. The largest absolute Gasteiger partial charge is 0.408 e. The highest BCUT2D eigenvalue weighted by Gasteiger charge is 2.31. The molecule has 1 fully saturated rings. The number of rotatable bonds is 4. The van der Waals surface area contributed by atoms with Crippen molar-refractivity contribution < 1.29 is 27.1 Å². The molecule has 4 aromatic heterocycles. The predicted octanol–water partition coefficient (Wildman–Crippen LogP) is 3.70. The van der Waals surface area contributed by atoms with Gasteiger partial charge in [0.2, 0.25) is 0 Å². The van der Waals surface area contributed by atoms with Crippen LogP contribution in [0.15, 0.2) is 36.8 Å². The van der Waals surface area contributed by atoms with Gasteiger partial charge in [0.05, 0.1) is 30.1 Å². The molecule has 1 aliphatic heterocycles. The standard InChI is InChI=1S/C22H20F4N6O2/c1-2-14-11-30(5-6-34-14)21(33)16-7-17-15(8-27-16)20(29-32(17)12-22(24,25)26)18-9-28-19-4-3-13(23)10-31(18)19/h3-4,7-10,14H,2,5-6,11-12H2,1H3. The van der Waals surface area contributed by atoms with Crippen LogP contribution in [0.25, 0.3) is 27.9 Å². The van der Waals surface area contributed by atoms with Crippen molar-refractivity contribution in [3.63, 3.8) is 0 Å². The molecule has 5 rings (SSSR count). The second-order valence-electron chi connectivity index (χ2n) is 8.08. The van der Waals surface area contributed by atoms with Gasteiger partial charge < -0.3 is 9.64 Å². The Bertz CT molecular complexity index is 1380. The lowest BCUT2D eigenvalue weighted by Gasteiger charge is -2.32. The molecule has 0 spiro atoms. The number of pyridine rings is 2. The van der Waals surface area contributed by atoms with E-state index in [4.69, 9.17) is 4.74 Å². The lowest BCUT2D eigenvalue weighted by Crippen LogP contribution is -2.45. The highest BCUT2D eigenvalue weighted by Crippen LogP contribution is 2.31. The highest BCUT2D eigenvalue weighted by atomic mass is 19.4. The fourth-order valence-electron chi connectivity index (χ4n) is 4.11.